The molecule has 0 spiro atoms. The van der Waals surface area contributed by atoms with E-state index in [1.54, 1.807) is 0 Å². The van der Waals surface area contributed by atoms with Crippen molar-refractivity contribution in [1.82, 2.24) is 0 Å². The minimum absolute atomic E-state index is 0.0451. The zero-order chi connectivity index (χ0) is 10.8. The number of hydrogen-bond donors (Lipinski definition) is 1. The van der Waals surface area contributed by atoms with Crippen LogP contribution in [-0.2, 0) is 4.79 Å². The van der Waals surface area contributed by atoms with Crippen molar-refractivity contribution in [2.24, 2.45) is 0 Å². The van der Waals surface area contributed by atoms with Gasteiger partial charge in [-0.15, -0.1) is 0 Å². The van der Waals surface area contributed by atoms with E-state index in [1.165, 1.54) is 25.7 Å². The van der Waals surface area contributed by atoms with E-state index in [0.717, 1.165) is 12.8 Å². The molecule has 0 saturated carbocycles. The van der Waals surface area contributed by atoms with Crippen molar-refractivity contribution < 1.29 is 9.90 Å². The highest BCUT2D eigenvalue weighted by Gasteiger charge is 1.99. The molecule has 2 nitrogen and oxygen atoms in total. The fourth-order valence-corrected chi connectivity index (χ4v) is 1.45. The topological polar surface area (TPSA) is 37.3 Å². The van der Waals surface area contributed by atoms with Gasteiger partial charge in [0.2, 0.25) is 0 Å². The minimum atomic E-state index is -0.864. The Morgan fingerprint density at radius 3 is 2.50 bits per heavy atom. The van der Waals surface area contributed by atoms with Gasteiger partial charge in [-0.25, -0.2) is 0 Å². The maximum atomic E-state index is 10.3. The maximum Gasteiger partial charge on any atom is 0.308 e. The summed E-state index contributed by atoms with van der Waals surface area (Å²) in [5, 5.41) is 8.88. The number of carboxylic acid groups (broad SMARTS) is 1. The highest BCUT2D eigenvalue weighted by atomic mass is 35.5. The van der Waals surface area contributed by atoms with Gasteiger partial charge in [0.1, 0.15) is 0 Å². The molecular formula is C11H19ClO2. The van der Waals surface area contributed by atoms with Crippen LogP contribution in [0.15, 0.2) is 11.1 Å². The number of rotatable bonds is 8. The van der Waals surface area contributed by atoms with E-state index in [4.69, 9.17) is 16.7 Å². The first kappa shape index (κ1) is 13.5. The van der Waals surface area contributed by atoms with E-state index < -0.39 is 5.97 Å². The second kappa shape index (κ2) is 9.07. The van der Waals surface area contributed by atoms with Gasteiger partial charge in [0.15, 0.2) is 0 Å². The molecule has 0 aromatic heterocycles. The van der Waals surface area contributed by atoms with Gasteiger partial charge in [-0.3, -0.25) is 4.79 Å². The molecule has 1 N–H and O–H groups in total. The summed E-state index contributed by atoms with van der Waals surface area (Å²) in [6.45, 7) is 2.18. The zero-order valence-electron chi connectivity index (χ0n) is 8.76. The van der Waals surface area contributed by atoms with Crippen LogP contribution in [0.4, 0.5) is 0 Å². The molecule has 0 aliphatic heterocycles. The molecule has 14 heavy (non-hydrogen) atoms. The Bertz CT molecular complexity index is 188. The van der Waals surface area contributed by atoms with E-state index >= 15 is 0 Å². The molecule has 0 saturated heterocycles. The monoisotopic (exact) mass is 218 g/mol. The zero-order valence-corrected chi connectivity index (χ0v) is 9.52. The first-order valence-electron chi connectivity index (χ1n) is 5.23. The van der Waals surface area contributed by atoms with Crippen molar-refractivity contribution in [3.8, 4) is 0 Å². The summed E-state index contributed by atoms with van der Waals surface area (Å²) < 4.78 is 0. The van der Waals surface area contributed by atoms with Crippen LogP contribution in [0, 0.1) is 0 Å². The van der Waals surface area contributed by atoms with Crippen LogP contribution in [-0.4, -0.2) is 11.1 Å². The van der Waals surface area contributed by atoms with E-state index in [1.807, 2.05) is 6.08 Å². The molecule has 0 aliphatic rings. The molecule has 0 fully saturated rings. The highest BCUT2D eigenvalue weighted by Crippen LogP contribution is 2.11. The molecule has 0 bridgehead atoms. The third kappa shape index (κ3) is 9.59. The van der Waals surface area contributed by atoms with Crippen molar-refractivity contribution >= 4 is 17.6 Å². The van der Waals surface area contributed by atoms with Crippen LogP contribution in [0.3, 0.4) is 0 Å². The Morgan fingerprint density at radius 1 is 1.29 bits per heavy atom. The Hall–Kier alpha value is -0.500. The fraction of sp³-hybridized carbons (Fsp3) is 0.727. The molecule has 0 aromatic rings. The second-order valence-corrected chi connectivity index (χ2v) is 3.91. The average molecular weight is 219 g/mol. The van der Waals surface area contributed by atoms with Gasteiger partial charge in [-0.2, -0.15) is 0 Å². The van der Waals surface area contributed by atoms with Crippen molar-refractivity contribution in [1.29, 1.82) is 0 Å². The van der Waals surface area contributed by atoms with Crippen molar-refractivity contribution in [3.63, 3.8) is 0 Å². The summed E-state index contributed by atoms with van der Waals surface area (Å²) in [5.41, 5.74) is 0. The predicted molar refractivity (Wildman–Crippen MR) is 59.6 cm³/mol. The second-order valence-electron chi connectivity index (χ2n) is 3.42. The molecule has 3 heteroatoms. The molecule has 0 aromatic carbocycles. The standard InChI is InChI=1S/C11H19ClO2/c1-2-3-4-5-6-7-8-10(12)9-11(13)14/h8H,2-7,9H2,1H3,(H,13,14)/b10-8-. The Labute approximate surface area is 91.0 Å². The van der Waals surface area contributed by atoms with Crippen LogP contribution >= 0.6 is 11.6 Å². The predicted octanol–water partition coefficient (Wildman–Crippen LogP) is 3.94. The highest BCUT2D eigenvalue weighted by molar-refractivity contribution is 6.30. The van der Waals surface area contributed by atoms with Crippen LogP contribution in [0.5, 0.6) is 0 Å². The number of allylic oxidation sites excluding steroid dienone is 1. The molecule has 0 unspecified atom stereocenters. The van der Waals surface area contributed by atoms with Crippen molar-refractivity contribution in [3.05, 3.63) is 11.1 Å². The number of hydrogen-bond acceptors (Lipinski definition) is 1. The van der Waals surface area contributed by atoms with Gasteiger partial charge in [0.25, 0.3) is 0 Å². The summed E-state index contributed by atoms with van der Waals surface area (Å²) in [4.78, 5) is 10.3. The van der Waals surface area contributed by atoms with Gasteiger partial charge in [-0.1, -0.05) is 50.3 Å². The van der Waals surface area contributed by atoms with Crippen LogP contribution < -0.4 is 0 Å². The van der Waals surface area contributed by atoms with Crippen LogP contribution in [0.25, 0.3) is 0 Å². The first-order valence-corrected chi connectivity index (χ1v) is 5.61. The number of carboxylic acids is 1. The van der Waals surface area contributed by atoms with E-state index in [9.17, 15) is 4.79 Å². The minimum Gasteiger partial charge on any atom is -0.481 e. The quantitative estimate of drug-likeness (QED) is 0.627. The molecule has 82 valence electrons. The first-order chi connectivity index (χ1) is 6.66. The third-order valence-corrected chi connectivity index (χ3v) is 2.28. The lowest BCUT2D eigenvalue weighted by atomic mass is 10.1. The number of halogens is 1. The maximum absolute atomic E-state index is 10.3. The van der Waals surface area contributed by atoms with Gasteiger partial charge >= 0.3 is 5.97 Å². The lowest BCUT2D eigenvalue weighted by molar-refractivity contribution is -0.136. The van der Waals surface area contributed by atoms with Gasteiger partial charge in [0, 0.05) is 5.03 Å². The van der Waals surface area contributed by atoms with E-state index in [-0.39, 0.29) is 6.42 Å². The normalized spacial score (nSPS) is 11.7. The summed E-state index contributed by atoms with van der Waals surface area (Å²) in [7, 11) is 0. The summed E-state index contributed by atoms with van der Waals surface area (Å²) >= 11 is 5.70. The molecule has 0 aliphatic carbocycles. The third-order valence-electron chi connectivity index (χ3n) is 1.99. The van der Waals surface area contributed by atoms with Crippen molar-refractivity contribution in [2.45, 2.75) is 51.9 Å². The fourth-order valence-electron chi connectivity index (χ4n) is 1.22. The van der Waals surface area contributed by atoms with E-state index in [2.05, 4.69) is 6.92 Å². The number of unbranched alkanes of at least 4 members (excludes halogenated alkanes) is 5. The molecule has 0 amide bonds. The molecule has 0 heterocycles. The van der Waals surface area contributed by atoms with Crippen LogP contribution in [0.1, 0.15) is 51.9 Å². The van der Waals surface area contributed by atoms with Gasteiger partial charge < -0.3 is 5.11 Å². The lowest BCUT2D eigenvalue weighted by Gasteiger charge is -1.97. The number of aliphatic carboxylic acids is 1. The average Bonchev–Trinajstić information content (AvgIpc) is 2.10. The number of carbonyl (C=O) groups is 1. The molecule has 0 rings (SSSR count). The largest absolute Gasteiger partial charge is 0.481 e. The Balaban J connectivity index is 3.36. The van der Waals surface area contributed by atoms with E-state index in [0.29, 0.717) is 5.03 Å². The Kier molecular flexibility index (Phi) is 8.75. The Morgan fingerprint density at radius 2 is 1.93 bits per heavy atom. The lowest BCUT2D eigenvalue weighted by Crippen LogP contribution is -1.93. The summed E-state index contributed by atoms with van der Waals surface area (Å²) in [6, 6.07) is 0. The van der Waals surface area contributed by atoms with Gasteiger partial charge in [0.05, 0.1) is 6.42 Å². The summed E-state index contributed by atoms with van der Waals surface area (Å²) in [6.07, 6.45) is 8.79. The summed E-state index contributed by atoms with van der Waals surface area (Å²) in [5.74, 6) is -0.864. The van der Waals surface area contributed by atoms with Crippen LogP contribution in [0.2, 0.25) is 0 Å². The van der Waals surface area contributed by atoms with Gasteiger partial charge in [-0.05, 0) is 12.8 Å². The van der Waals surface area contributed by atoms with Crippen molar-refractivity contribution in [2.75, 3.05) is 0 Å². The molecular weight excluding hydrogens is 200 g/mol. The molecule has 0 atom stereocenters. The SMILES string of the molecule is CCCCCCC/C=C(\Cl)CC(=O)O. The molecule has 0 radical (unpaired) electrons. The smallest absolute Gasteiger partial charge is 0.308 e.